The Morgan fingerprint density at radius 2 is 1.80 bits per heavy atom. The average Bonchev–Trinajstić information content (AvgIpc) is 3.16. The van der Waals surface area contributed by atoms with Crippen molar-refractivity contribution in [3.05, 3.63) is 12.2 Å². The van der Waals surface area contributed by atoms with E-state index in [4.69, 9.17) is 9.16 Å². The molecule has 0 radical (unpaired) electrons. The normalized spacial score (nSPS) is 31.1. The summed E-state index contributed by atoms with van der Waals surface area (Å²) in [6, 6.07) is -1.93. The van der Waals surface area contributed by atoms with Crippen LogP contribution in [-0.4, -0.2) is 78.1 Å². The van der Waals surface area contributed by atoms with Crippen molar-refractivity contribution in [1.29, 1.82) is 0 Å². The molecule has 3 amide bonds. The van der Waals surface area contributed by atoms with Gasteiger partial charge in [0.05, 0.1) is 6.10 Å². The highest BCUT2D eigenvalue weighted by atomic mass is 28.4. The number of ether oxygens (including phenoxy) is 1. The Bertz CT molecular complexity index is 1020. The number of nitrogens with one attached hydrogen (secondary N) is 2. The van der Waals surface area contributed by atoms with Crippen LogP contribution in [0.3, 0.4) is 0 Å². The van der Waals surface area contributed by atoms with E-state index in [1.165, 1.54) is 0 Å². The SMILES string of the molecule is CC(C)(C)OC(=O)NC1CCCCC/C=C\C2CC(C(=O)O)NC(=O)C23CC(O[Si](C)(C)C(C)(C)C)CN3C1=O. The molecule has 10 nitrogen and oxygen atoms in total. The minimum atomic E-state index is -2.27. The van der Waals surface area contributed by atoms with Crippen LogP contribution in [0.25, 0.3) is 0 Å². The molecule has 0 bridgehead atoms. The number of carboxylic acid groups (broad SMARTS) is 1. The van der Waals surface area contributed by atoms with Gasteiger partial charge in [-0.3, -0.25) is 9.59 Å². The molecule has 3 aliphatic rings. The zero-order valence-electron chi connectivity index (χ0n) is 25.5. The lowest BCUT2D eigenvalue weighted by molar-refractivity contribution is -0.156. The van der Waals surface area contributed by atoms with Crippen LogP contribution in [0.2, 0.25) is 18.1 Å². The van der Waals surface area contributed by atoms with Crippen molar-refractivity contribution in [3.63, 3.8) is 0 Å². The van der Waals surface area contributed by atoms with Gasteiger partial charge in [-0.15, -0.1) is 0 Å². The fourth-order valence-corrected chi connectivity index (χ4v) is 7.06. The number of amides is 3. The maximum absolute atomic E-state index is 14.4. The third-order valence-electron chi connectivity index (χ3n) is 8.76. The van der Waals surface area contributed by atoms with E-state index < -0.39 is 61.5 Å². The summed E-state index contributed by atoms with van der Waals surface area (Å²) in [5, 5.41) is 15.2. The van der Waals surface area contributed by atoms with Crippen molar-refractivity contribution < 1.29 is 33.4 Å². The molecule has 0 aromatic carbocycles. The lowest BCUT2D eigenvalue weighted by atomic mass is 9.73. The van der Waals surface area contributed by atoms with E-state index in [2.05, 4.69) is 44.5 Å². The monoisotopic (exact) mass is 579 g/mol. The Balaban J connectivity index is 2.07. The molecule has 2 saturated heterocycles. The fraction of sp³-hybridized carbons (Fsp3) is 0.793. The molecule has 5 unspecified atom stereocenters. The van der Waals surface area contributed by atoms with Gasteiger partial charge in [-0.05, 0) is 64.6 Å². The Morgan fingerprint density at radius 1 is 1.12 bits per heavy atom. The van der Waals surface area contributed by atoms with Gasteiger partial charge >= 0.3 is 12.1 Å². The largest absolute Gasteiger partial charge is 0.480 e. The van der Waals surface area contributed by atoms with E-state index in [9.17, 15) is 24.3 Å². The topological polar surface area (TPSA) is 134 Å². The molecule has 226 valence electrons. The molecular formula is C29H49N3O7Si. The maximum Gasteiger partial charge on any atom is 0.408 e. The van der Waals surface area contributed by atoms with Crippen LogP contribution < -0.4 is 10.6 Å². The molecule has 3 heterocycles. The van der Waals surface area contributed by atoms with Gasteiger partial charge in [0.2, 0.25) is 11.8 Å². The van der Waals surface area contributed by atoms with Crippen molar-refractivity contribution >= 4 is 32.2 Å². The summed E-state index contributed by atoms with van der Waals surface area (Å²) in [5.74, 6) is -2.46. The van der Waals surface area contributed by atoms with E-state index in [-0.39, 0.29) is 30.3 Å². The zero-order valence-corrected chi connectivity index (χ0v) is 26.5. The van der Waals surface area contributed by atoms with Gasteiger partial charge in [0, 0.05) is 18.9 Å². The van der Waals surface area contributed by atoms with Gasteiger partial charge in [0.15, 0.2) is 8.32 Å². The van der Waals surface area contributed by atoms with E-state index in [0.717, 1.165) is 25.7 Å². The summed E-state index contributed by atoms with van der Waals surface area (Å²) >= 11 is 0. The number of carbonyl (C=O) groups is 4. The van der Waals surface area contributed by atoms with Crippen molar-refractivity contribution in [3.8, 4) is 0 Å². The molecule has 0 aromatic heterocycles. The van der Waals surface area contributed by atoms with Crippen LogP contribution in [0.4, 0.5) is 4.79 Å². The van der Waals surface area contributed by atoms with Gasteiger partial charge in [-0.2, -0.15) is 0 Å². The van der Waals surface area contributed by atoms with Gasteiger partial charge < -0.3 is 29.8 Å². The number of nitrogens with zero attached hydrogens (tertiary/aromatic N) is 1. The molecule has 1 spiro atoms. The Labute approximate surface area is 239 Å². The van der Waals surface area contributed by atoms with Gasteiger partial charge in [0.25, 0.3) is 0 Å². The highest BCUT2D eigenvalue weighted by Gasteiger charge is 2.62. The minimum Gasteiger partial charge on any atom is -0.480 e. The summed E-state index contributed by atoms with van der Waals surface area (Å²) < 4.78 is 12.2. The van der Waals surface area contributed by atoms with Crippen molar-refractivity contribution in [1.82, 2.24) is 15.5 Å². The summed E-state index contributed by atoms with van der Waals surface area (Å²) in [6.45, 7) is 16.2. The van der Waals surface area contributed by atoms with Crippen LogP contribution in [0.5, 0.6) is 0 Å². The first kappa shape index (κ1) is 32.1. The van der Waals surface area contributed by atoms with Gasteiger partial charge in [-0.1, -0.05) is 45.8 Å². The third kappa shape index (κ3) is 7.08. The second-order valence-electron chi connectivity index (χ2n) is 14.0. The number of aliphatic carboxylic acids is 1. The molecule has 11 heteroatoms. The number of alkyl carbamates (subject to hydrolysis) is 1. The molecular weight excluding hydrogens is 530 g/mol. The van der Waals surface area contributed by atoms with E-state index in [0.29, 0.717) is 6.42 Å². The van der Waals surface area contributed by atoms with Gasteiger partial charge in [-0.25, -0.2) is 9.59 Å². The summed E-state index contributed by atoms with van der Waals surface area (Å²) in [5.41, 5.74) is -2.06. The maximum atomic E-state index is 14.4. The second-order valence-corrected chi connectivity index (χ2v) is 18.8. The molecule has 3 N–H and O–H groups in total. The number of allylic oxidation sites excluding steroid dienone is 1. The Morgan fingerprint density at radius 3 is 2.40 bits per heavy atom. The van der Waals surface area contributed by atoms with E-state index in [1.54, 1.807) is 25.7 Å². The van der Waals surface area contributed by atoms with E-state index in [1.807, 2.05) is 12.2 Å². The van der Waals surface area contributed by atoms with Crippen LogP contribution in [-0.2, 0) is 23.5 Å². The summed E-state index contributed by atoms with van der Waals surface area (Å²) in [6.07, 6.45) is 6.97. The first-order chi connectivity index (χ1) is 18.4. The van der Waals surface area contributed by atoms with Crippen molar-refractivity contribution in [2.75, 3.05) is 6.54 Å². The first-order valence-corrected chi connectivity index (χ1v) is 17.5. The molecule has 3 rings (SSSR count). The number of piperidine rings is 1. The van der Waals surface area contributed by atoms with Crippen LogP contribution in [0, 0.1) is 5.92 Å². The van der Waals surface area contributed by atoms with Crippen molar-refractivity contribution in [2.24, 2.45) is 5.92 Å². The van der Waals surface area contributed by atoms with Crippen LogP contribution in [0.15, 0.2) is 12.2 Å². The standard InChI is InChI=1S/C29H49N3O7Si/c1-27(2,3)38-26(37)31-21-15-13-11-9-10-12-14-19-16-22(24(34)35)30-25(36)29(19)17-20(18-32(29)23(21)33)39-40(7,8)28(4,5)6/h12,14,19-22H,9-11,13,15-18H2,1-8H3,(H,30,36)(H,31,37)(H,34,35)/b14-12-. The predicted molar refractivity (Wildman–Crippen MR) is 154 cm³/mol. The first-order valence-electron chi connectivity index (χ1n) is 14.6. The molecule has 0 aliphatic carbocycles. The van der Waals surface area contributed by atoms with Gasteiger partial charge in [0.1, 0.15) is 23.2 Å². The second kappa shape index (κ2) is 11.8. The third-order valence-corrected chi connectivity index (χ3v) is 13.3. The molecule has 0 saturated carbocycles. The Kier molecular flexibility index (Phi) is 9.50. The number of carbonyl (C=O) groups excluding carboxylic acids is 3. The lowest BCUT2D eigenvalue weighted by Crippen LogP contribution is -2.69. The number of hydrogen-bond donors (Lipinski definition) is 3. The molecule has 40 heavy (non-hydrogen) atoms. The predicted octanol–water partition coefficient (Wildman–Crippen LogP) is 4.35. The zero-order chi connectivity index (χ0) is 30.1. The molecule has 2 fully saturated rings. The van der Waals surface area contributed by atoms with Crippen LogP contribution in [0.1, 0.15) is 86.5 Å². The summed E-state index contributed by atoms with van der Waals surface area (Å²) in [7, 11) is -2.27. The van der Waals surface area contributed by atoms with E-state index >= 15 is 0 Å². The number of carboxylic acids is 1. The van der Waals surface area contributed by atoms with Crippen molar-refractivity contribution in [2.45, 2.75) is 134 Å². The summed E-state index contributed by atoms with van der Waals surface area (Å²) in [4.78, 5) is 54.7. The molecule has 3 aliphatic heterocycles. The Hall–Kier alpha value is -2.40. The highest BCUT2D eigenvalue weighted by Crippen LogP contribution is 2.46. The molecule has 0 aromatic rings. The number of hydrogen-bond acceptors (Lipinski definition) is 6. The smallest absolute Gasteiger partial charge is 0.408 e. The lowest BCUT2D eigenvalue weighted by Gasteiger charge is -2.47. The molecule has 5 atom stereocenters. The quantitative estimate of drug-likeness (QED) is 0.333. The fourth-order valence-electron chi connectivity index (χ4n) is 5.72. The highest BCUT2D eigenvalue weighted by molar-refractivity contribution is 6.74. The number of rotatable bonds is 4. The average molecular weight is 580 g/mol. The minimum absolute atomic E-state index is 0.0837. The van der Waals surface area contributed by atoms with Crippen LogP contribution >= 0.6 is 0 Å².